The summed E-state index contributed by atoms with van der Waals surface area (Å²) >= 11 is 0. The highest BCUT2D eigenvalue weighted by molar-refractivity contribution is 6.13. The van der Waals surface area contributed by atoms with Gasteiger partial charge in [-0.25, -0.2) is 4.98 Å². The summed E-state index contributed by atoms with van der Waals surface area (Å²) in [5, 5.41) is 7.07. The molecule has 36 heavy (non-hydrogen) atoms. The fraction of sp³-hybridized carbons (Fsp3) is 0.269. The Morgan fingerprint density at radius 3 is 2.42 bits per heavy atom. The first kappa shape index (κ1) is 23.8. The normalized spacial score (nSPS) is 14.9. The van der Waals surface area contributed by atoms with Crippen LogP contribution in [0.5, 0.6) is 0 Å². The van der Waals surface area contributed by atoms with Crippen LogP contribution in [-0.4, -0.2) is 54.2 Å². The number of aryl methyl sites for hydroxylation is 1. The number of amides is 1. The molecule has 1 fully saturated rings. The van der Waals surface area contributed by atoms with Crippen molar-refractivity contribution < 1.29 is 22.5 Å². The van der Waals surface area contributed by atoms with Crippen LogP contribution in [0.1, 0.15) is 21.6 Å². The lowest BCUT2D eigenvalue weighted by molar-refractivity contribution is -0.137. The van der Waals surface area contributed by atoms with E-state index in [0.29, 0.717) is 16.8 Å². The maximum absolute atomic E-state index is 13.6. The van der Waals surface area contributed by atoms with Crippen molar-refractivity contribution in [3.8, 4) is 11.3 Å². The Bertz CT molecular complexity index is 1410. The average Bonchev–Trinajstić information content (AvgIpc) is 3.24. The molecule has 1 aliphatic rings. The summed E-state index contributed by atoms with van der Waals surface area (Å²) < 4.78 is 46.1. The molecule has 186 valence electrons. The van der Waals surface area contributed by atoms with E-state index in [0.717, 1.165) is 37.9 Å². The Kier molecular flexibility index (Phi) is 6.13. The fourth-order valence-corrected chi connectivity index (χ4v) is 4.38. The SMILES string of the molecule is Cc1noc2nc(-c3ccccc3C(F)(F)F)cc(C(=O)Nc3ccc(N4CCN(C)CC4)cc3)c12. The summed E-state index contributed by atoms with van der Waals surface area (Å²) in [6.07, 6.45) is -4.58. The highest BCUT2D eigenvalue weighted by Gasteiger charge is 2.34. The molecule has 0 radical (unpaired) electrons. The van der Waals surface area contributed by atoms with Crippen LogP contribution < -0.4 is 10.2 Å². The summed E-state index contributed by atoms with van der Waals surface area (Å²) in [7, 11) is 2.09. The zero-order valence-corrected chi connectivity index (χ0v) is 19.8. The van der Waals surface area contributed by atoms with Gasteiger partial charge in [0.25, 0.3) is 11.6 Å². The van der Waals surface area contributed by atoms with Crippen molar-refractivity contribution in [3.05, 3.63) is 71.4 Å². The molecule has 0 saturated carbocycles. The van der Waals surface area contributed by atoms with E-state index in [9.17, 15) is 18.0 Å². The van der Waals surface area contributed by atoms with Crippen molar-refractivity contribution >= 4 is 28.4 Å². The predicted molar refractivity (Wildman–Crippen MR) is 131 cm³/mol. The molecule has 3 heterocycles. The number of halogens is 3. The maximum Gasteiger partial charge on any atom is 0.417 e. The molecule has 2 aromatic carbocycles. The Labute approximate surface area is 205 Å². The number of anilines is 2. The first-order valence-corrected chi connectivity index (χ1v) is 11.5. The molecule has 0 unspecified atom stereocenters. The predicted octanol–water partition coefficient (Wildman–Crippen LogP) is 5.22. The molecule has 10 heteroatoms. The van der Waals surface area contributed by atoms with Gasteiger partial charge in [-0.15, -0.1) is 0 Å². The first-order valence-electron chi connectivity index (χ1n) is 11.5. The van der Waals surface area contributed by atoms with Gasteiger partial charge in [-0.05, 0) is 50.4 Å². The van der Waals surface area contributed by atoms with Crippen LogP contribution in [0, 0.1) is 6.92 Å². The van der Waals surface area contributed by atoms with Crippen LogP contribution in [0.25, 0.3) is 22.4 Å². The topological polar surface area (TPSA) is 74.5 Å². The lowest BCUT2D eigenvalue weighted by Gasteiger charge is -2.34. The van der Waals surface area contributed by atoms with Crippen molar-refractivity contribution in [2.45, 2.75) is 13.1 Å². The van der Waals surface area contributed by atoms with Crippen molar-refractivity contribution in [3.63, 3.8) is 0 Å². The zero-order chi connectivity index (χ0) is 25.4. The third kappa shape index (κ3) is 4.64. The van der Waals surface area contributed by atoms with Gasteiger partial charge >= 0.3 is 6.18 Å². The maximum atomic E-state index is 13.6. The summed E-state index contributed by atoms with van der Waals surface area (Å²) in [6.45, 7) is 5.46. The van der Waals surface area contributed by atoms with E-state index in [4.69, 9.17) is 4.52 Å². The number of carbonyl (C=O) groups is 1. The number of hydrogen-bond acceptors (Lipinski definition) is 6. The second-order valence-electron chi connectivity index (χ2n) is 8.84. The molecule has 1 saturated heterocycles. The smallest absolute Gasteiger partial charge is 0.369 e. The summed E-state index contributed by atoms with van der Waals surface area (Å²) in [4.78, 5) is 22.1. The first-order chi connectivity index (χ1) is 17.2. The van der Waals surface area contributed by atoms with Gasteiger partial charge in [0, 0.05) is 43.1 Å². The Morgan fingerprint density at radius 2 is 1.72 bits per heavy atom. The number of nitrogens with one attached hydrogen (secondary N) is 1. The second kappa shape index (κ2) is 9.27. The minimum absolute atomic E-state index is 0.00228. The van der Waals surface area contributed by atoms with Gasteiger partial charge in [-0.1, -0.05) is 23.4 Å². The van der Waals surface area contributed by atoms with Crippen LogP contribution in [0.15, 0.2) is 59.1 Å². The van der Waals surface area contributed by atoms with E-state index >= 15 is 0 Å². The van der Waals surface area contributed by atoms with Gasteiger partial charge in [0.15, 0.2) is 0 Å². The van der Waals surface area contributed by atoms with E-state index in [2.05, 4.69) is 32.3 Å². The highest BCUT2D eigenvalue weighted by Crippen LogP contribution is 2.37. The van der Waals surface area contributed by atoms with Crippen molar-refractivity contribution in [1.29, 1.82) is 0 Å². The minimum Gasteiger partial charge on any atom is -0.369 e. The molecule has 0 atom stereocenters. The standard InChI is InChI=1S/C26H24F3N5O2/c1-16-23-20(24(35)30-17-7-9-18(10-8-17)34-13-11-33(2)12-14-34)15-22(31-25(23)36-32-16)19-5-3-4-6-21(19)26(27,28)29/h3-10,15H,11-14H2,1-2H3,(H,30,35). The number of rotatable bonds is 4. The Morgan fingerprint density at radius 1 is 1.03 bits per heavy atom. The zero-order valence-electron chi connectivity index (χ0n) is 19.8. The number of pyridine rings is 1. The summed E-state index contributed by atoms with van der Waals surface area (Å²) in [5.41, 5.74) is 1.16. The van der Waals surface area contributed by atoms with E-state index in [1.807, 2.05) is 24.3 Å². The van der Waals surface area contributed by atoms with E-state index in [-0.39, 0.29) is 22.5 Å². The monoisotopic (exact) mass is 495 g/mol. The molecule has 5 rings (SSSR count). The van der Waals surface area contributed by atoms with Gasteiger partial charge in [0.1, 0.15) is 0 Å². The molecular formula is C26H24F3N5O2. The van der Waals surface area contributed by atoms with Crippen molar-refractivity contribution in [1.82, 2.24) is 15.0 Å². The van der Waals surface area contributed by atoms with Gasteiger partial charge in [-0.3, -0.25) is 4.79 Å². The van der Waals surface area contributed by atoms with Crippen LogP contribution >= 0.6 is 0 Å². The molecule has 1 N–H and O–H groups in total. The number of aromatic nitrogens is 2. The summed E-state index contributed by atoms with van der Waals surface area (Å²) in [6, 6.07) is 14.0. The molecule has 4 aromatic rings. The van der Waals surface area contributed by atoms with Crippen LogP contribution in [0.4, 0.5) is 24.5 Å². The van der Waals surface area contributed by atoms with Crippen LogP contribution in [0.2, 0.25) is 0 Å². The molecule has 0 spiro atoms. The van der Waals surface area contributed by atoms with Gasteiger partial charge in [0.05, 0.1) is 27.9 Å². The number of alkyl halides is 3. The van der Waals surface area contributed by atoms with Crippen molar-refractivity contribution in [2.24, 2.45) is 0 Å². The molecule has 0 aliphatic carbocycles. The lowest BCUT2D eigenvalue weighted by Crippen LogP contribution is -2.44. The molecule has 1 amide bonds. The van der Waals surface area contributed by atoms with Gasteiger partial charge in [0.2, 0.25) is 0 Å². The third-order valence-corrected chi connectivity index (χ3v) is 6.36. The number of carbonyl (C=O) groups excluding carboxylic acids is 1. The number of piperazine rings is 1. The largest absolute Gasteiger partial charge is 0.417 e. The van der Waals surface area contributed by atoms with E-state index < -0.39 is 17.6 Å². The molecule has 0 bridgehead atoms. The summed E-state index contributed by atoms with van der Waals surface area (Å²) in [5.74, 6) is -0.494. The molecular weight excluding hydrogens is 471 g/mol. The number of fused-ring (bicyclic) bond motifs is 1. The Balaban J connectivity index is 1.47. The number of hydrogen-bond donors (Lipinski definition) is 1. The minimum atomic E-state index is -4.58. The quantitative estimate of drug-likeness (QED) is 0.419. The number of benzene rings is 2. The lowest BCUT2D eigenvalue weighted by atomic mass is 10.0. The average molecular weight is 496 g/mol. The third-order valence-electron chi connectivity index (χ3n) is 6.36. The van der Waals surface area contributed by atoms with E-state index in [1.165, 1.54) is 24.3 Å². The fourth-order valence-electron chi connectivity index (χ4n) is 4.38. The van der Waals surface area contributed by atoms with Crippen LogP contribution in [-0.2, 0) is 6.18 Å². The Hall–Kier alpha value is -3.92. The molecule has 7 nitrogen and oxygen atoms in total. The van der Waals surface area contributed by atoms with Gasteiger partial charge < -0.3 is 19.6 Å². The number of likely N-dealkylation sites (N-methyl/N-ethyl adjacent to an activating group) is 1. The highest BCUT2D eigenvalue weighted by atomic mass is 19.4. The van der Waals surface area contributed by atoms with Crippen molar-refractivity contribution in [2.75, 3.05) is 43.4 Å². The molecule has 2 aromatic heterocycles. The number of nitrogens with zero attached hydrogens (tertiary/aromatic N) is 4. The van der Waals surface area contributed by atoms with E-state index in [1.54, 1.807) is 6.92 Å². The van der Waals surface area contributed by atoms with Gasteiger partial charge in [-0.2, -0.15) is 13.2 Å². The molecule has 1 aliphatic heterocycles. The second-order valence-corrected chi connectivity index (χ2v) is 8.84. The van der Waals surface area contributed by atoms with Crippen LogP contribution in [0.3, 0.4) is 0 Å².